The van der Waals surface area contributed by atoms with Crippen LogP contribution in [0.5, 0.6) is 5.75 Å². The smallest absolute Gasteiger partial charge is 0.254 e. The van der Waals surface area contributed by atoms with Crippen LogP contribution in [0.2, 0.25) is 0 Å². The van der Waals surface area contributed by atoms with E-state index < -0.39 is 0 Å². The molecule has 2 aromatic rings. The highest BCUT2D eigenvalue weighted by Gasteiger charge is 2.14. The molecule has 0 heterocycles. The predicted octanol–water partition coefficient (Wildman–Crippen LogP) is 3.73. The summed E-state index contributed by atoms with van der Waals surface area (Å²) in [6.07, 6.45) is 3.34. The van der Waals surface area contributed by atoms with Crippen LogP contribution in [0.25, 0.3) is 6.08 Å². The van der Waals surface area contributed by atoms with Gasteiger partial charge in [0.05, 0.1) is 12.7 Å². The maximum Gasteiger partial charge on any atom is 0.254 e. The van der Waals surface area contributed by atoms with Gasteiger partial charge < -0.3 is 10.1 Å². The largest absolute Gasteiger partial charge is 0.496 e. The summed E-state index contributed by atoms with van der Waals surface area (Å²) >= 11 is 0. The molecule has 0 aliphatic rings. The molecule has 0 spiro atoms. The van der Waals surface area contributed by atoms with Gasteiger partial charge in [-0.2, -0.15) is 0 Å². The zero-order valence-electron chi connectivity index (χ0n) is 15.5. The van der Waals surface area contributed by atoms with Gasteiger partial charge in [0.25, 0.3) is 5.91 Å². The summed E-state index contributed by atoms with van der Waals surface area (Å²) in [6.45, 7) is 3.86. The molecule has 136 valence electrons. The first kappa shape index (κ1) is 19.4. The average Bonchev–Trinajstić information content (AvgIpc) is 2.64. The van der Waals surface area contributed by atoms with Gasteiger partial charge >= 0.3 is 0 Å². The molecule has 0 unspecified atom stereocenters. The van der Waals surface area contributed by atoms with Gasteiger partial charge in [-0.3, -0.25) is 9.59 Å². The Morgan fingerprint density at radius 2 is 1.85 bits per heavy atom. The van der Waals surface area contributed by atoms with Crippen LogP contribution in [-0.4, -0.2) is 25.3 Å². The molecule has 0 aliphatic heterocycles. The van der Waals surface area contributed by atoms with Gasteiger partial charge in [-0.1, -0.05) is 36.4 Å². The molecular formula is C22H25NO3. The van der Waals surface area contributed by atoms with E-state index in [4.69, 9.17) is 4.74 Å². The van der Waals surface area contributed by atoms with Crippen molar-refractivity contribution in [2.24, 2.45) is 0 Å². The third kappa shape index (κ3) is 5.59. The normalized spacial score (nSPS) is 11.1. The number of amides is 1. The van der Waals surface area contributed by atoms with Gasteiger partial charge in [0.1, 0.15) is 5.75 Å². The Balaban J connectivity index is 1.98. The molecule has 0 aliphatic carbocycles. The van der Waals surface area contributed by atoms with Crippen LogP contribution in [0, 0.1) is 6.92 Å². The monoisotopic (exact) mass is 351 g/mol. The van der Waals surface area contributed by atoms with Gasteiger partial charge in [0.15, 0.2) is 5.78 Å². The highest BCUT2D eigenvalue weighted by molar-refractivity contribution is 6.21. The Morgan fingerprint density at radius 1 is 1.12 bits per heavy atom. The van der Waals surface area contributed by atoms with Gasteiger partial charge in [-0.25, -0.2) is 0 Å². The van der Waals surface area contributed by atoms with Crippen molar-refractivity contribution in [3.63, 3.8) is 0 Å². The van der Waals surface area contributed by atoms with Gasteiger partial charge in [0, 0.05) is 6.54 Å². The van der Waals surface area contributed by atoms with Crippen LogP contribution >= 0.6 is 0 Å². The van der Waals surface area contributed by atoms with E-state index in [-0.39, 0.29) is 17.3 Å². The van der Waals surface area contributed by atoms with Crippen molar-refractivity contribution in [2.75, 3.05) is 13.7 Å². The number of Topliss-reactive ketones (excluding diaryl/α,β-unsaturated/α-hetero) is 1. The first-order valence-electron chi connectivity index (χ1n) is 8.70. The molecule has 2 aromatic carbocycles. The molecule has 0 aromatic heterocycles. The van der Waals surface area contributed by atoms with Crippen LogP contribution < -0.4 is 10.1 Å². The number of hydrogen-bond acceptors (Lipinski definition) is 3. The van der Waals surface area contributed by atoms with E-state index in [2.05, 4.69) is 17.4 Å². The summed E-state index contributed by atoms with van der Waals surface area (Å²) in [5, 5.41) is 2.84. The lowest BCUT2D eigenvalue weighted by atomic mass is 10.0. The minimum absolute atomic E-state index is 0.161. The lowest BCUT2D eigenvalue weighted by molar-refractivity contribution is -0.121. The fourth-order valence-electron chi connectivity index (χ4n) is 2.72. The molecule has 0 atom stereocenters. The average molecular weight is 351 g/mol. The maximum absolute atomic E-state index is 12.4. The second-order valence-electron chi connectivity index (χ2n) is 6.19. The number of aryl methyl sites for hydroxylation is 2. The van der Waals surface area contributed by atoms with Crippen molar-refractivity contribution in [1.29, 1.82) is 0 Å². The van der Waals surface area contributed by atoms with Crippen LogP contribution in [0.15, 0.2) is 54.1 Å². The minimum atomic E-state index is -0.334. The minimum Gasteiger partial charge on any atom is -0.496 e. The predicted molar refractivity (Wildman–Crippen MR) is 104 cm³/mol. The summed E-state index contributed by atoms with van der Waals surface area (Å²) in [4.78, 5) is 24.3. The summed E-state index contributed by atoms with van der Waals surface area (Å²) < 4.78 is 5.23. The second-order valence-corrected chi connectivity index (χ2v) is 6.19. The summed E-state index contributed by atoms with van der Waals surface area (Å²) in [5.74, 6) is 0.190. The molecular weight excluding hydrogens is 326 g/mol. The Kier molecular flexibility index (Phi) is 7.15. The van der Waals surface area contributed by atoms with E-state index in [1.165, 1.54) is 12.5 Å². The number of carbonyl (C=O) groups excluding carboxylic acids is 2. The maximum atomic E-state index is 12.4. The molecule has 0 bridgehead atoms. The Bertz CT molecular complexity index is 794. The van der Waals surface area contributed by atoms with Crippen molar-refractivity contribution in [1.82, 2.24) is 5.32 Å². The molecule has 1 amide bonds. The third-order valence-corrected chi connectivity index (χ3v) is 4.12. The summed E-state index contributed by atoms with van der Waals surface area (Å²) in [5.41, 5.74) is 3.15. The Hall–Kier alpha value is -2.88. The molecule has 0 radical (unpaired) electrons. The Morgan fingerprint density at radius 3 is 2.46 bits per heavy atom. The molecule has 26 heavy (non-hydrogen) atoms. The number of rotatable bonds is 8. The van der Waals surface area contributed by atoms with Crippen molar-refractivity contribution in [3.8, 4) is 5.75 Å². The fourth-order valence-corrected chi connectivity index (χ4v) is 2.72. The summed E-state index contributed by atoms with van der Waals surface area (Å²) in [7, 11) is 1.61. The summed E-state index contributed by atoms with van der Waals surface area (Å²) in [6, 6.07) is 15.7. The third-order valence-electron chi connectivity index (χ3n) is 4.12. The highest BCUT2D eigenvalue weighted by Crippen LogP contribution is 2.20. The fraction of sp³-hybridized carbons (Fsp3) is 0.273. The topological polar surface area (TPSA) is 55.4 Å². The molecule has 0 saturated carbocycles. The van der Waals surface area contributed by atoms with Crippen LogP contribution in [0.4, 0.5) is 0 Å². The number of ketones is 1. The molecule has 0 saturated heterocycles. The van der Waals surface area contributed by atoms with Crippen LogP contribution in [0.3, 0.4) is 0 Å². The van der Waals surface area contributed by atoms with E-state index in [9.17, 15) is 9.59 Å². The van der Waals surface area contributed by atoms with E-state index >= 15 is 0 Å². The van der Waals surface area contributed by atoms with E-state index in [0.717, 1.165) is 29.7 Å². The zero-order valence-corrected chi connectivity index (χ0v) is 15.5. The number of hydrogen-bond donors (Lipinski definition) is 1. The van der Waals surface area contributed by atoms with E-state index in [1.807, 2.05) is 43.3 Å². The molecule has 4 heteroatoms. The number of nitrogens with one attached hydrogen (secondary N) is 1. The zero-order chi connectivity index (χ0) is 18.9. The second kappa shape index (κ2) is 9.56. The van der Waals surface area contributed by atoms with Crippen molar-refractivity contribution < 1.29 is 14.3 Å². The number of methoxy groups -OCH3 is 1. The lowest BCUT2D eigenvalue weighted by Gasteiger charge is -2.08. The Labute approximate surface area is 154 Å². The van der Waals surface area contributed by atoms with Gasteiger partial charge in [0.2, 0.25) is 0 Å². The lowest BCUT2D eigenvalue weighted by Crippen LogP contribution is -2.28. The van der Waals surface area contributed by atoms with Crippen molar-refractivity contribution >= 4 is 17.8 Å². The molecule has 1 N–H and O–H groups in total. The quantitative estimate of drug-likeness (QED) is 0.341. The van der Waals surface area contributed by atoms with Crippen LogP contribution in [0.1, 0.15) is 30.0 Å². The first-order chi connectivity index (χ1) is 12.5. The standard InChI is InChI=1S/C22H25NO3/c1-16-14-19(11-12-21(16)26-3)15-20(17(2)24)22(25)23-13-7-10-18-8-5-4-6-9-18/h4-6,8-9,11-12,14-15H,7,10,13H2,1-3H3,(H,23,25). The number of carbonyl (C=O) groups is 2. The molecule has 0 fully saturated rings. The number of ether oxygens (including phenoxy) is 1. The number of benzene rings is 2. The van der Waals surface area contributed by atoms with Crippen molar-refractivity contribution in [3.05, 3.63) is 70.8 Å². The van der Waals surface area contributed by atoms with Gasteiger partial charge in [-0.15, -0.1) is 0 Å². The molecule has 4 nitrogen and oxygen atoms in total. The highest BCUT2D eigenvalue weighted by atomic mass is 16.5. The van der Waals surface area contributed by atoms with E-state index in [1.54, 1.807) is 13.2 Å². The van der Waals surface area contributed by atoms with Gasteiger partial charge in [-0.05, 0) is 61.6 Å². The van der Waals surface area contributed by atoms with Crippen molar-refractivity contribution in [2.45, 2.75) is 26.7 Å². The van der Waals surface area contributed by atoms with E-state index in [0.29, 0.717) is 6.54 Å². The van der Waals surface area contributed by atoms with Crippen LogP contribution in [-0.2, 0) is 16.0 Å². The SMILES string of the molecule is COc1ccc(C=C(C(C)=O)C(=O)NCCCc2ccccc2)cc1C. The first-order valence-corrected chi connectivity index (χ1v) is 8.70. The molecule has 2 rings (SSSR count).